The van der Waals surface area contributed by atoms with Gasteiger partial charge in [-0.1, -0.05) is 50.1 Å². The quantitative estimate of drug-likeness (QED) is 0.878. The van der Waals surface area contributed by atoms with Crippen molar-refractivity contribution in [2.75, 3.05) is 0 Å². The maximum absolute atomic E-state index is 12.4. The lowest BCUT2D eigenvalue weighted by Gasteiger charge is -2.36. The van der Waals surface area contributed by atoms with Crippen LogP contribution < -0.4 is 11.1 Å². The van der Waals surface area contributed by atoms with E-state index in [4.69, 9.17) is 5.73 Å². The molecule has 3 atom stereocenters. The predicted octanol–water partition coefficient (Wildman–Crippen LogP) is 2.77. The summed E-state index contributed by atoms with van der Waals surface area (Å²) >= 11 is 0. The Kier molecular flexibility index (Phi) is 4.25. The van der Waals surface area contributed by atoms with E-state index in [1.807, 2.05) is 37.3 Å². The van der Waals surface area contributed by atoms with E-state index >= 15 is 0 Å². The van der Waals surface area contributed by atoms with Crippen LogP contribution in [0.25, 0.3) is 0 Å². The zero-order valence-corrected chi connectivity index (χ0v) is 11.9. The van der Waals surface area contributed by atoms with E-state index in [1.54, 1.807) is 0 Å². The summed E-state index contributed by atoms with van der Waals surface area (Å²) in [5, 5.41) is 3.06. The maximum atomic E-state index is 12.4. The lowest BCUT2D eigenvalue weighted by Crippen LogP contribution is -2.56. The number of nitrogens with two attached hydrogens (primary N) is 1. The van der Waals surface area contributed by atoms with Crippen LogP contribution in [-0.4, -0.2) is 11.4 Å². The van der Waals surface area contributed by atoms with Crippen molar-refractivity contribution in [1.82, 2.24) is 5.32 Å². The van der Waals surface area contributed by atoms with Gasteiger partial charge in [0.25, 0.3) is 0 Å². The molecule has 19 heavy (non-hydrogen) atoms. The number of carbonyl (C=O) groups excluding carboxylic acids is 1. The summed E-state index contributed by atoms with van der Waals surface area (Å²) < 4.78 is 0. The van der Waals surface area contributed by atoms with Crippen molar-refractivity contribution in [2.45, 2.75) is 51.1 Å². The first-order chi connectivity index (χ1) is 9.01. The summed E-state index contributed by atoms with van der Waals surface area (Å²) in [6.07, 6.45) is 3.82. The Hall–Kier alpha value is -1.35. The van der Waals surface area contributed by atoms with Crippen LogP contribution in [0.15, 0.2) is 30.3 Å². The molecule has 104 valence electrons. The smallest absolute Gasteiger partial charge is 0.240 e. The van der Waals surface area contributed by atoms with E-state index in [-0.39, 0.29) is 11.9 Å². The van der Waals surface area contributed by atoms with Crippen molar-refractivity contribution in [3.63, 3.8) is 0 Å². The van der Waals surface area contributed by atoms with Crippen LogP contribution in [0.5, 0.6) is 0 Å². The summed E-state index contributed by atoms with van der Waals surface area (Å²) in [7, 11) is 0. The van der Waals surface area contributed by atoms with E-state index in [0.717, 1.165) is 24.8 Å². The highest BCUT2D eigenvalue weighted by Gasteiger charge is 2.38. The average molecular weight is 260 g/mol. The fourth-order valence-corrected chi connectivity index (χ4v) is 2.96. The summed E-state index contributed by atoms with van der Waals surface area (Å²) in [6.45, 7) is 4.18. The first-order valence-electron chi connectivity index (χ1n) is 7.16. The molecule has 1 fully saturated rings. The molecule has 0 aromatic heterocycles. The largest absolute Gasteiger partial charge is 0.348 e. The number of rotatable bonds is 3. The molecule has 3 heteroatoms. The Labute approximate surface area is 115 Å². The molecule has 0 saturated heterocycles. The minimum absolute atomic E-state index is 0.00426. The summed E-state index contributed by atoms with van der Waals surface area (Å²) in [6, 6.07) is 10.0. The number of nitrogens with one attached hydrogen (secondary N) is 1. The van der Waals surface area contributed by atoms with Gasteiger partial charge in [-0.3, -0.25) is 4.79 Å². The highest BCUT2D eigenvalue weighted by molar-refractivity contribution is 5.86. The van der Waals surface area contributed by atoms with Gasteiger partial charge in [0.15, 0.2) is 0 Å². The van der Waals surface area contributed by atoms with E-state index in [0.29, 0.717) is 5.92 Å². The molecule has 0 bridgehead atoms. The van der Waals surface area contributed by atoms with Crippen LogP contribution in [-0.2, 0) is 4.79 Å². The van der Waals surface area contributed by atoms with Crippen molar-refractivity contribution in [3.05, 3.63) is 35.9 Å². The van der Waals surface area contributed by atoms with Crippen LogP contribution in [0.3, 0.4) is 0 Å². The van der Waals surface area contributed by atoms with Gasteiger partial charge in [-0.2, -0.15) is 0 Å². The molecule has 2 rings (SSSR count). The molecule has 2 unspecified atom stereocenters. The molecule has 1 saturated carbocycles. The molecule has 1 aromatic rings. The molecule has 3 N–H and O–H groups in total. The van der Waals surface area contributed by atoms with Gasteiger partial charge in [0.05, 0.1) is 11.6 Å². The molecule has 0 aliphatic heterocycles. The van der Waals surface area contributed by atoms with Gasteiger partial charge in [0.1, 0.15) is 0 Å². The molecular formula is C16H24N2O. The molecule has 1 aliphatic rings. The van der Waals surface area contributed by atoms with Crippen LogP contribution in [0.2, 0.25) is 0 Å². The van der Waals surface area contributed by atoms with Gasteiger partial charge in [-0.15, -0.1) is 0 Å². The third-order valence-electron chi connectivity index (χ3n) is 4.13. The highest BCUT2D eigenvalue weighted by Crippen LogP contribution is 2.31. The Morgan fingerprint density at radius 2 is 2.11 bits per heavy atom. The van der Waals surface area contributed by atoms with Gasteiger partial charge in [-0.25, -0.2) is 0 Å². The van der Waals surface area contributed by atoms with Crippen LogP contribution in [0.4, 0.5) is 0 Å². The van der Waals surface area contributed by atoms with E-state index < -0.39 is 5.54 Å². The van der Waals surface area contributed by atoms with Crippen LogP contribution in [0, 0.1) is 5.92 Å². The van der Waals surface area contributed by atoms with Crippen molar-refractivity contribution < 1.29 is 4.79 Å². The Bertz CT molecular complexity index is 432. The number of amides is 1. The van der Waals surface area contributed by atoms with Crippen molar-refractivity contribution in [1.29, 1.82) is 0 Å². The van der Waals surface area contributed by atoms with Crippen LogP contribution >= 0.6 is 0 Å². The van der Waals surface area contributed by atoms with Crippen molar-refractivity contribution in [3.8, 4) is 0 Å². The lowest BCUT2D eigenvalue weighted by molar-refractivity contribution is -0.128. The molecule has 0 spiro atoms. The number of benzene rings is 1. The van der Waals surface area contributed by atoms with Gasteiger partial charge < -0.3 is 11.1 Å². The molecule has 1 aliphatic carbocycles. The SMILES string of the molecule is CC1CCCC(N)(C(=O)N[C@H](C)c2ccccc2)C1. The fraction of sp³-hybridized carbons (Fsp3) is 0.562. The number of hydrogen-bond donors (Lipinski definition) is 2. The topological polar surface area (TPSA) is 55.1 Å². The second-order valence-corrected chi connectivity index (χ2v) is 5.96. The third kappa shape index (κ3) is 3.35. The average Bonchev–Trinajstić information content (AvgIpc) is 2.39. The van der Waals surface area contributed by atoms with Gasteiger partial charge in [0.2, 0.25) is 5.91 Å². The van der Waals surface area contributed by atoms with E-state index in [1.165, 1.54) is 6.42 Å². The monoisotopic (exact) mass is 260 g/mol. The maximum Gasteiger partial charge on any atom is 0.240 e. The minimum Gasteiger partial charge on any atom is -0.348 e. The molecule has 3 nitrogen and oxygen atoms in total. The molecule has 1 aromatic carbocycles. The standard InChI is InChI=1S/C16H24N2O/c1-12-7-6-10-16(17,11-12)15(19)18-13(2)14-8-4-3-5-9-14/h3-5,8-9,12-13H,6-7,10-11,17H2,1-2H3,(H,18,19)/t12?,13-,16?/m1/s1. The molecule has 0 radical (unpaired) electrons. The van der Waals surface area contributed by atoms with E-state index in [2.05, 4.69) is 12.2 Å². The van der Waals surface area contributed by atoms with E-state index in [9.17, 15) is 4.79 Å². The Morgan fingerprint density at radius 3 is 2.74 bits per heavy atom. The molecule has 0 heterocycles. The predicted molar refractivity (Wildman–Crippen MR) is 77.6 cm³/mol. The molecular weight excluding hydrogens is 236 g/mol. The third-order valence-corrected chi connectivity index (χ3v) is 4.13. The zero-order chi connectivity index (χ0) is 13.9. The highest BCUT2D eigenvalue weighted by atomic mass is 16.2. The summed E-state index contributed by atoms with van der Waals surface area (Å²) in [4.78, 5) is 12.4. The minimum atomic E-state index is -0.680. The van der Waals surface area contributed by atoms with Gasteiger partial charge in [-0.05, 0) is 31.2 Å². The van der Waals surface area contributed by atoms with Crippen molar-refractivity contribution >= 4 is 5.91 Å². The normalized spacial score (nSPS) is 28.7. The number of carbonyl (C=O) groups is 1. The van der Waals surface area contributed by atoms with Crippen molar-refractivity contribution in [2.24, 2.45) is 11.7 Å². The van der Waals surface area contributed by atoms with Crippen LogP contribution in [0.1, 0.15) is 51.1 Å². The van der Waals surface area contributed by atoms with Gasteiger partial charge in [0, 0.05) is 0 Å². The fourth-order valence-electron chi connectivity index (χ4n) is 2.96. The number of hydrogen-bond acceptors (Lipinski definition) is 2. The second-order valence-electron chi connectivity index (χ2n) is 5.96. The Morgan fingerprint density at radius 1 is 1.42 bits per heavy atom. The Balaban J connectivity index is 2.00. The molecule has 1 amide bonds. The van der Waals surface area contributed by atoms with Gasteiger partial charge >= 0.3 is 0 Å². The first-order valence-corrected chi connectivity index (χ1v) is 7.16. The first kappa shape index (κ1) is 14.1. The summed E-state index contributed by atoms with van der Waals surface area (Å²) in [5.41, 5.74) is 6.74. The zero-order valence-electron chi connectivity index (χ0n) is 11.9. The lowest BCUT2D eigenvalue weighted by atomic mass is 9.76. The second kappa shape index (κ2) is 5.74. The summed E-state index contributed by atoms with van der Waals surface area (Å²) in [5.74, 6) is 0.534.